The lowest BCUT2D eigenvalue weighted by Gasteiger charge is -2.16. The van der Waals surface area contributed by atoms with Crippen LogP contribution in [0.2, 0.25) is 0 Å². The van der Waals surface area contributed by atoms with Crippen molar-refractivity contribution in [2.24, 2.45) is 0 Å². The molecular formula is C9H15N3O3. The van der Waals surface area contributed by atoms with Crippen LogP contribution in [0.5, 0.6) is 0 Å². The topological polar surface area (TPSA) is 81.2 Å². The third-order valence-corrected chi connectivity index (χ3v) is 2.55. The molecule has 84 valence electrons. The van der Waals surface area contributed by atoms with Crippen LogP contribution in [0.1, 0.15) is 31.3 Å². The van der Waals surface area contributed by atoms with Gasteiger partial charge in [0.05, 0.1) is 17.1 Å². The fourth-order valence-electron chi connectivity index (χ4n) is 1.52. The molecule has 1 aromatic rings. The molecule has 6 heteroatoms. The smallest absolute Gasteiger partial charge is 0.312 e. The van der Waals surface area contributed by atoms with Crippen LogP contribution >= 0.6 is 0 Å². The summed E-state index contributed by atoms with van der Waals surface area (Å²) in [6, 6.07) is -0.266. The van der Waals surface area contributed by atoms with Crippen molar-refractivity contribution in [3.8, 4) is 0 Å². The highest BCUT2D eigenvalue weighted by atomic mass is 16.6. The second kappa shape index (κ2) is 3.98. The number of nitro groups is 1. The van der Waals surface area contributed by atoms with Gasteiger partial charge in [0.2, 0.25) is 0 Å². The first-order valence-corrected chi connectivity index (χ1v) is 4.74. The van der Waals surface area contributed by atoms with E-state index in [-0.39, 0.29) is 11.7 Å². The zero-order chi connectivity index (χ0) is 11.7. The van der Waals surface area contributed by atoms with Gasteiger partial charge in [-0.1, -0.05) is 0 Å². The summed E-state index contributed by atoms with van der Waals surface area (Å²) in [5.41, 5.74) is 0.887. The molecule has 0 aliphatic carbocycles. The van der Waals surface area contributed by atoms with E-state index in [0.29, 0.717) is 11.4 Å². The first kappa shape index (κ1) is 11.6. The molecule has 0 bridgehead atoms. The van der Waals surface area contributed by atoms with Crippen molar-refractivity contribution in [3.63, 3.8) is 0 Å². The van der Waals surface area contributed by atoms with Crippen molar-refractivity contribution >= 4 is 5.69 Å². The van der Waals surface area contributed by atoms with Gasteiger partial charge in [-0.15, -0.1) is 0 Å². The number of rotatable bonds is 3. The Hall–Kier alpha value is -1.43. The number of aliphatic hydroxyl groups is 1. The van der Waals surface area contributed by atoms with E-state index in [0.717, 1.165) is 0 Å². The lowest BCUT2D eigenvalue weighted by molar-refractivity contribution is -0.386. The van der Waals surface area contributed by atoms with Crippen LogP contribution in [0, 0.1) is 24.0 Å². The molecule has 0 amide bonds. The van der Waals surface area contributed by atoms with Crippen molar-refractivity contribution in [1.29, 1.82) is 0 Å². The molecule has 2 atom stereocenters. The van der Waals surface area contributed by atoms with Crippen LogP contribution in [0.3, 0.4) is 0 Å². The molecule has 0 spiro atoms. The van der Waals surface area contributed by atoms with E-state index < -0.39 is 11.0 Å². The summed E-state index contributed by atoms with van der Waals surface area (Å²) in [6.07, 6.45) is -0.595. The Kier molecular flexibility index (Phi) is 3.09. The molecule has 0 saturated carbocycles. The number of aliphatic hydroxyl groups excluding tert-OH is 1. The molecule has 1 heterocycles. The SMILES string of the molecule is Cc1nn(C(C)C(C)O)c(C)c1[N+](=O)[O-]. The van der Waals surface area contributed by atoms with E-state index in [9.17, 15) is 15.2 Å². The van der Waals surface area contributed by atoms with Crippen LogP contribution in [0.4, 0.5) is 5.69 Å². The Morgan fingerprint density at radius 1 is 1.47 bits per heavy atom. The number of aryl methyl sites for hydroxylation is 1. The van der Waals surface area contributed by atoms with E-state index in [1.807, 2.05) is 0 Å². The summed E-state index contributed by atoms with van der Waals surface area (Å²) in [5.74, 6) is 0. The van der Waals surface area contributed by atoms with Crippen molar-refractivity contribution < 1.29 is 10.0 Å². The van der Waals surface area contributed by atoms with Gasteiger partial charge in [0.1, 0.15) is 11.4 Å². The van der Waals surface area contributed by atoms with E-state index in [1.54, 1.807) is 27.7 Å². The van der Waals surface area contributed by atoms with Crippen molar-refractivity contribution in [2.45, 2.75) is 39.8 Å². The Balaban J connectivity index is 3.23. The predicted molar refractivity (Wildman–Crippen MR) is 54.7 cm³/mol. The monoisotopic (exact) mass is 213 g/mol. The van der Waals surface area contributed by atoms with Gasteiger partial charge in [-0.2, -0.15) is 5.10 Å². The van der Waals surface area contributed by atoms with Gasteiger partial charge in [0, 0.05) is 0 Å². The zero-order valence-electron chi connectivity index (χ0n) is 9.26. The van der Waals surface area contributed by atoms with Crippen LogP contribution in [0.25, 0.3) is 0 Å². The summed E-state index contributed by atoms with van der Waals surface area (Å²) in [4.78, 5) is 10.3. The Labute approximate surface area is 87.7 Å². The Morgan fingerprint density at radius 2 is 2.00 bits per heavy atom. The minimum atomic E-state index is -0.595. The molecule has 6 nitrogen and oxygen atoms in total. The maximum atomic E-state index is 10.7. The highest BCUT2D eigenvalue weighted by molar-refractivity contribution is 5.39. The highest BCUT2D eigenvalue weighted by Gasteiger charge is 2.25. The molecule has 0 saturated heterocycles. The Morgan fingerprint density at radius 3 is 2.33 bits per heavy atom. The molecule has 1 aromatic heterocycles. The molecular weight excluding hydrogens is 198 g/mol. The lowest BCUT2D eigenvalue weighted by Crippen LogP contribution is -2.20. The summed E-state index contributed by atoms with van der Waals surface area (Å²) < 4.78 is 1.50. The number of hydrogen-bond donors (Lipinski definition) is 1. The van der Waals surface area contributed by atoms with Crippen molar-refractivity contribution in [3.05, 3.63) is 21.5 Å². The van der Waals surface area contributed by atoms with Crippen LogP contribution < -0.4 is 0 Å². The highest BCUT2D eigenvalue weighted by Crippen LogP contribution is 2.25. The minimum absolute atomic E-state index is 0.0301. The molecule has 0 fully saturated rings. The van der Waals surface area contributed by atoms with E-state index in [1.165, 1.54) is 4.68 Å². The summed E-state index contributed by atoms with van der Waals surface area (Å²) >= 11 is 0. The fraction of sp³-hybridized carbons (Fsp3) is 0.667. The van der Waals surface area contributed by atoms with E-state index in [4.69, 9.17) is 0 Å². The van der Waals surface area contributed by atoms with Gasteiger partial charge in [0.15, 0.2) is 0 Å². The first-order valence-electron chi connectivity index (χ1n) is 4.74. The molecule has 0 radical (unpaired) electrons. The third kappa shape index (κ3) is 1.99. The van der Waals surface area contributed by atoms with Crippen LogP contribution in [-0.2, 0) is 0 Å². The van der Waals surface area contributed by atoms with E-state index >= 15 is 0 Å². The molecule has 1 rings (SSSR count). The average Bonchev–Trinajstić information content (AvgIpc) is 2.40. The lowest BCUT2D eigenvalue weighted by atomic mass is 10.2. The second-order valence-electron chi connectivity index (χ2n) is 3.70. The molecule has 0 aliphatic rings. The Bertz CT molecular complexity index is 384. The van der Waals surface area contributed by atoms with Gasteiger partial charge in [-0.05, 0) is 27.7 Å². The van der Waals surface area contributed by atoms with Gasteiger partial charge < -0.3 is 5.11 Å². The standard InChI is InChI=1S/C9H15N3O3/c1-5-9(12(14)15)7(3)11(10-5)6(2)8(4)13/h6,8,13H,1-4H3. The second-order valence-corrected chi connectivity index (χ2v) is 3.70. The van der Waals surface area contributed by atoms with Gasteiger partial charge >= 0.3 is 5.69 Å². The first-order chi connectivity index (χ1) is 6.86. The average molecular weight is 213 g/mol. The largest absolute Gasteiger partial charge is 0.391 e. The summed E-state index contributed by atoms with van der Waals surface area (Å²) in [5, 5.41) is 24.2. The number of aromatic nitrogens is 2. The van der Waals surface area contributed by atoms with Crippen LogP contribution in [0.15, 0.2) is 0 Å². The third-order valence-electron chi connectivity index (χ3n) is 2.55. The molecule has 2 unspecified atom stereocenters. The number of nitrogens with zero attached hydrogens (tertiary/aromatic N) is 3. The van der Waals surface area contributed by atoms with Crippen molar-refractivity contribution in [2.75, 3.05) is 0 Å². The van der Waals surface area contributed by atoms with E-state index in [2.05, 4.69) is 5.10 Å². The quantitative estimate of drug-likeness (QED) is 0.607. The molecule has 15 heavy (non-hydrogen) atoms. The normalized spacial score (nSPS) is 15.0. The summed E-state index contributed by atoms with van der Waals surface area (Å²) in [6.45, 7) is 6.63. The predicted octanol–water partition coefficient (Wildman–Crippen LogP) is 1.35. The van der Waals surface area contributed by atoms with Gasteiger partial charge in [0.25, 0.3) is 0 Å². The fourth-order valence-corrected chi connectivity index (χ4v) is 1.52. The molecule has 1 N–H and O–H groups in total. The zero-order valence-corrected chi connectivity index (χ0v) is 9.26. The molecule has 0 aliphatic heterocycles. The van der Waals surface area contributed by atoms with Crippen LogP contribution in [-0.4, -0.2) is 25.9 Å². The maximum absolute atomic E-state index is 10.7. The van der Waals surface area contributed by atoms with Gasteiger partial charge in [-0.25, -0.2) is 0 Å². The van der Waals surface area contributed by atoms with Crippen molar-refractivity contribution in [1.82, 2.24) is 9.78 Å². The minimum Gasteiger partial charge on any atom is -0.391 e. The summed E-state index contributed by atoms with van der Waals surface area (Å²) in [7, 11) is 0. The maximum Gasteiger partial charge on any atom is 0.312 e. The van der Waals surface area contributed by atoms with Gasteiger partial charge in [-0.3, -0.25) is 14.8 Å². The molecule has 0 aromatic carbocycles. The number of hydrogen-bond acceptors (Lipinski definition) is 4.